The molecule has 0 saturated heterocycles. The van der Waals surface area contributed by atoms with Gasteiger partial charge in [0, 0.05) is 8.95 Å². The van der Waals surface area contributed by atoms with Crippen molar-refractivity contribution in [3.05, 3.63) is 106 Å². The SMILES string of the molecule is O=S(=O)(Oc1ccc(S(=O)(=O)c2ccc(OS(=O)(=O)c3ccc(Br)cc3)cc2)cc1)c1ccc(Br)cc1. The minimum Gasteiger partial charge on any atom is -0.379 e. The summed E-state index contributed by atoms with van der Waals surface area (Å²) < 4.78 is 87.4. The highest BCUT2D eigenvalue weighted by Crippen LogP contribution is 2.28. The normalized spacial score (nSPS) is 12.2. The molecule has 4 aromatic carbocycles. The number of hydrogen-bond acceptors (Lipinski definition) is 8. The van der Waals surface area contributed by atoms with Gasteiger partial charge in [0.15, 0.2) is 0 Å². The molecule has 192 valence electrons. The van der Waals surface area contributed by atoms with Crippen LogP contribution in [0.25, 0.3) is 0 Å². The maximum Gasteiger partial charge on any atom is 0.339 e. The lowest BCUT2D eigenvalue weighted by atomic mass is 10.3. The van der Waals surface area contributed by atoms with E-state index in [4.69, 9.17) is 8.37 Å². The van der Waals surface area contributed by atoms with E-state index in [2.05, 4.69) is 31.9 Å². The van der Waals surface area contributed by atoms with Crippen LogP contribution in [0.2, 0.25) is 0 Å². The molecule has 0 aliphatic heterocycles. The topological polar surface area (TPSA) is 121 Å². The molecule has 0 atom stereocenters. The third-order valence-corrected chi connectivity index (χ3v) is 10.3. The zero-order valence-electron chi connectivity index (χ0n) is 18.5. The quantitative estimate of drug-likeness (QED) is 0.220. The zero-order chi connectivity index (χ0) is 26.8. The molecule has 0 heterocycles. The molecule has 0 amide bonds. The van der Waals surface area contributed by atoms with Crippen molar-refractivity contribution in [1.82, 2.24) is 0 Å². The van der Waals surface area contributed by atoms with E-state index >= 15 is 0 Å². The van der Waals surface area contributed by atoms with Crippen molar-refractivity contribution in [3.63, 3.8) is 0 Å². The van der Waals surface area contributed by atoms with Gasteiger partial charge in [-0.25, -0.2) is 8.42 Å². The predicted octanol–water partition coefficient (Wildman–Crippen LogP) is 5.58. The molecule has 13 heteroatoms. The summed E-state index contributed by atoms with van der Waals surface area (Å²) in [5, 5.41) is 0. The Hall–Kier alpha value is -2.71. The van der Waals surface area contributed by atoms with Crippen molar-refractivity contribution in [3.8, 4) is 11.5 Å². The predicted molar refractivity (Wildman–Crippen MR) is 142 cm³/mol. The molecule has 0 radical (unpaired) electrons. The Morgan fingerprint density at radius 2 is 0.676 bits per heavy atom. The Labute approximate surface area is 231 Å². The van der Waals surface area contributed by atoms with Gasteiger partial charge in [0.2, 0.25) is 9.84 Å². The van der Waals surface area contributed by atoms with Crippen molar-refractivity contribution in [2.45, 2.75) is 19.6 Å². The lowest BCUT2D eigenvalue weighted by molar-refractivity contribution is 0.484. The van der Waals surface area contributed by atoms with E-state index in [9.17, 15) is 25.3 Å². The summed E-state index contributed by atoms with van der Waals surface area (Å²) in [7, 11) is -12.2. The molecule has 0 bridgehead atoms. The number of sulfone groups is 1. The molecule has 0 spiro atoms. The first-order valence-electron chi connectivity index (χ1n) is 10.2. The van der Waals surface area contributed by atoms with Crippen LogP contribution in [0.3, 0.4) is 0 Å². The van der Waals surface area contributed by atoms with Crippen LogP contribution >= 0.6 is 31.9 Å². The van der Waals surface area contributed by atoms with Gasteiger partial charge >= 0.3 is 20.2 Å². The van der Waals surface area contributed by atoms with Crippen molar-refractivity contribution in [1.29, 1.82) is 0 Å². The zero-order valence-corrected chi connectivity index (χ0v) is 24.1. The van der Waals surface area contributed by atoms with Crippen molar-refractivity contribution < 1.29 is 33.6 Å². The molecule has 0 aromatic heterocycles. The van der Waals surface area contributed by atoms with E-state index in [1.807, 2.05) is 0 Å². The fraction of sp³-hybridized carbons (Fsp3) is 0. The van der Waals surface area contributed by atoms with E-state index in [1.54, 1.807) is 24.3 Å². The second-order valence-electron chi connectivity index (χ2n) is 7.43. The second kappa shape index (κ2) is 10.6. The summed E-state index contributed by atoms with van der Waals surface area (Å²) in [4.78, 5) is -0.345. The van der Waals surface area contributed by atoms with Crippen LogP contribution in [-0.2, 0) is 30.1 Å². The number of rotatable bonds is 8. The number of benzene rings is 4. The standard InChI is InChI=1S/C24H16Br2O8S3/c25-17-1-9-23(10-2-17)36(29,30)33-19-5-13-21(14-6-19)35(27,28)22-15-7-20(8-16-22)34-37(31,32)24-11-3-18(26)4-12-24/h1-16H. The molecular weight excluding hydrogens is 672 g/mol. The number of halogens is 2. The molecule has 0 saturated carbocycles. The highest BCUT2D eigenvalue weighted by Gasteiger charge is 2.21. The van der Waals surface area contributed by atoms with Gasteiger partial charge in [0.25, 0.3) is 0 Å². The van der Waals surface area contributed by atoms with Crippen LogP contribution in [0.5, 0.6) is 11.5 Å². The molecule has 0 aliphatic carbocycles. The summed E-state index contributed by atoms with van der Waals surface area (Å²) in [5.41, 5.74) is 0. The second-order valence-corrected chi connectivity index (χ2v) is 14.3. The largest absolute Gasteiger partial charge is 0.379 e. The molecule has 0 fully saturated rings. The first-order valence-corrected chi connectivity index (χ1v) is 16.1. The van der Waals surface area contributed by atoms with Gasteiger partial charge in [-0.05, 0) is 97.1 Å². The lowest BCUT2D eigenvalue weighted by Gasteiger charge is -2.10. The van der Waals surface area contributed by atoms with Gasteiger partial charge in [-0.3, -0.25) is 0 Å². The molecule has 0 N–H and O–H groups in total. The maximum atomic E-state index is 13.0. The molecule has 4 rings (SSSR count). The lowest BCUT2D eigenvalue weighted by Crippen LogP contribution is -2.10. The minimum atomic E-state index is -4.11. The third-order valence-electron chi connectivity index (χ3n) is 4.88. The van der Waals surface area contributed by atoms with Crippen LogP contribution in [-0.4, -0.2) is 25.3 Å². The van der Waals surface area contributed by atoms with Crippen molar-refractivity contribution in [2.24, 2.45) is 0 Å². The fourth-order valence-electron chi connectivity index (χ4n) is 3.04. The molecule has 0 aliphatic rings. The highest BCUT2D eigenvalue weighted by atomic mass is 79.9. The molecule has 37 heavy (non-hydrogen) atoms. The number of hydrogen-bond donors (Lipinski definition) is 0. The molecule has 0 unspecified atom stereocenters. The minimum absolute atomic E-state index is 0.0585. The van der Waals surface area contributed by atoms with E-state index < -0.39 is 30.1 Å². The third kappa shape index (κ3) is 6.41. The fourth-order valence-corrected chi connectivity index (χ4v) is 6.69. The summed E-state index contributed by atoms with van der Waals surface area (Å²) in [5.74, 6) is -0.132. The van der Waals surface area contributed by atoms with Crippen LogP contribution in [0, 0.1) is 0 Å². The van der Waals surface area contributed by atoms with Gasteiger partial charge in [-0.1, -0.05) is 31.9 Å². The Morgan fingerprint density at radius 1 is 0.405 bits per heavy atom. The maximum absolute atomic E-state index is 13.0. The average Bonchev–Trinajstić information content (AvgIpc) is 2.85. The Balaban J connectivity index is 1.49. The van der Waals surface area contributed by atoms with Gasteiger partial charge in [0.1, 0.15) is 21.3 Å². The smallest absolute Gasteiger partial charge is 0.339 e. The first kappa shape index (κ1) is 27.3. The Morgan fingerprint density at radius 3 is 0.973 bits per heavy atom. The summed E-state index contributed by atoms with van der Waals surface area (Å²) in [6, 6.07) is 21.5. The summed E-state index contributed by atoms with van der Waals surface area (Å²) in [6.07, 6.45) is 0. The van der Waals surface area contributed by atoms with Gasteiger partial charge in [-0.2, -0.15) is 16.8 Å². The monoisotopic (exact) mass is 686 g/mol. The first-order chi connectivity index (χ1) is 17.4. The van der Waals surface area contributed by atoms with E-state index in [1.165, 1.54) is 72.8 Å². The molecule has 8 nitrogen and oxygen atoms in total. The van der Waals surface area contributed by atoms with Gasteiger partial charge in [0.05, 0.1) is 9.79 Å². The van der Waals surface area contributed by atoms with E-state index in [0.29, 0.717) is 8.95 Å². The average molecular weight is 688 g/mol. The molecule has 4 aromatic rings. The Bertz CT molecular complexity index is 1610. The van der Waals surface area contributed by atoms with Crippen molar-refractivity contribution in [2.75, 3.05) is 0 Å². The van der Waals surface area contributed by atoms with Crippen LogP contribution in [0.15, 0.2) is 126 Å². The van der Waals surface area contributed by atoms with E-state index in [-0.39, 0.29) is 31.1 Å². The van der Waals surface area contributed by atoms with Crippen molar-refractivity contribution >= 4 is 61.9 Å². The van der Waals surface area contributed by atoms with E-state index in [0.717, 1.165) is 0 Å². The summed E-state index contributed by atoms with van der Waals surface area (Å²) in [6.45, 7) is 0. The van der Waals surface area contributed by atoms with Gasteiger partial charge in [-0.15, -0.1) is 0 Å². The van der Waals surface area contributed by atoms with Crippen LogP contribution in [0.4, 0.5) is 0 Å². The van der Waals surface area contributed by atoms with Crippen LogP contribution < -0.4 is 8.37 Å². The van der Waals surface area contributed by atoms with Crippen LogP contribution in [0.1, 0.15) is 0 Å². The highest BCUT2D eigenvalue weighted by molar-refractivity contribution is 9.10. The molecular formula is C24H16Br2O8S3. The van der Waals surface area contributed by atoms with Gasteiger partial charge < -0.3 is 8.37 Å². The summed E-state index contributed by atoms with van der Waals surface area (Å²) >= 11 is 6.45. The Kier molecular flexibility index (Phi) is 7.81.